The number of thiazole rings is 1. The van der Waals surface area contributed by atoms with Crippen molar-refractivity contribution in [3.8, 4) is 5.75 Å². The van der Waals surface area contributed by atoms with Crippen molar-refractivity contribution in [2.45, 2.75) is 22.8 Å². The van der Waals surface area contributed by atoms with Gasteiger partial charge in [-0.3, -0.25) is 4.79 Å². The average Bonchev–Trinajstić information content (AvgIpc) is 3.44. The lowest BCUT2D eigenvalue weighted by Gasteiger charge is -2.05. The molecule has 0 aliphatic carbocycles. The van der Waals surface area contributed by atoms with Crippen LogP contribution in [0.25, 0.3) is 6.08 Å². The molecule has 0 atom stereocenters. The summed E-state index contributed by atoms with van der Waals surface area (Å²) in [5.41, 5.74) is 4.22. The molecule has 0 saturated carbocycles. The third-order valence-electron chi connectivity index (χ3n) is 4.01. The first-order valence-electron chi connectivity index (χ1n) is 9.31. The first kappa shape index (κ1) is 21.2. The molecular weight excluding hydrogens is 448 g/mol. The number of amides is 1. The van der Waals surface area contributed by atoms with Crippen molar-refractivity contribution in [3.63, 3.8) is 0 Å². The van der Waals surface area contributed by atoms with Crippen LogP contribution in [0.15, 0.2) is 74.7 Å². The molecule has 0 fully saturated rings. The van der Waals surface area contributed by atoms with Gasteiger partial charge in [-0.15, -0.1) is 21.5 Å². The number of hydrogen-bond donors (Lipinski definition) is 1. The number of ether oxygens (including phenoxy) is 1. The van der Waals surface area contributed by atoms with Gasteiger partial charge in [0.05, 0.1) is 10.7 Å². The Labute approximate surface area is 192 Å². The predicted molar refractivity (Wildman–Crippen MR) is 126 cm³/mol. The number of hydrogen-bond acceptors (Lipinski definition) is 8. The van der Waals surface area contributed by atoms with Gasteiger partial charge >= 0.3 is 0 Å². The number of nitrogens with zero attached hydrogens (tertiary/aromatic N) is 3. The molecule has 0 aliphatic rings. The van der Waals surface area contributed by atoms with Gasteiger partial charge in [-0.25, -0.2) is 4.98 Å². The fourth-order valence-corrected chi connectivity index (χ4v) is 4.66. The zero-order valence-electron chi connectivity index (χ0n) is 16.5. The highest BCUT2D eigenvalue weighted by atomic mass is 32.2. The molecule has 2 heterocycles. The van der Waals surface area contributed by atoms with Gasteiger partial charge in [-0.2, -0.15) is 0 Å². The minimum atomic E-state index is -0.200. The molecule has 2 aromatic heterocycles. The minimum Gasteiger partial charge on any atom is -0.487 e. The molecule has 0 spiro atoms. The van der Waals surface area contributed by atoms with Crippen molar-refractivity contribution >= 4 is 52.1 Å². The molecule has 0 unspecified atom stereocenters. The standard InChI is InChI=1S/C22H18N4O2S3/c1-15-24-18(13-29-15)12-28-19-4-2-3-16(11-19)5-10-21(27)25-17-6-8-20(9-7-17)31-22-26-23-14-30-22/h2-11,13-14H,12H2,1H3,(H,25,27)/b10-5+. The Morgan fingerprint density at radius 3 is 2.81 bits per heavy atom. The molecule has 0 bridgehead atoms. The van der Waals surface area contributed by atoms with E-state index >= 15 is 0 Å². The summed E-state index contributed by atoms with van der Waals surface area (Å²) in [6, 6.07) is 15.2. The highest BCUT2D eigenvalue weighted by molar-refractivity contribution is 8.01. The Kier molecular flexibility index (Phi) is 7.08. The molecule has 1 N–H and O–H groups in total. The lowest BCUT2D eigenvalue weighted by atomic mass is 10.2. The van der Waals surface area contributed by atoms with Crippen LogP contribution in [0.4, 0.5) is 5.69 Å². The summed E-state index contributed by atoms with van der Waals surface area (Å²) in [6.07, 6.45) is 3.27. The van der Waals surface area contributed by atoms with E-state index in [0.717, 1.165) is 36.9 Å². The fraction of sp³-hybridized carbons (Fsp3) is 0.0909. The molecule has 4 aromatic rings. The smallest absolute Gasteiger partial charge is 0.248 e. The van der Waals surface area contributed by atoms with Crippen LogP contribution in [0.3, 0.4) is 0 Å². The third kappa shape index (κ3) is 6.48. The van der Waals surface area contributed by atoms with Gasteiger partial charge in [0.1, 0.15) is 17.9 Å². The Bertz CT molecular complexity index is 1170. The summed E-state index contributed by atoms with van der Waals surface area (Å²) in [4.78, 5) is 17.7. The van der Waals surface area contributed by atoms with Gasteiger partial charge in [0.2, 0.25) is 5.91 Å². The number of aromatic nitrogens is 3. The summed E-state index contributed by atoms with van der Waals surface area (Å²) in [7, 11) is 0. The molecular formula is C22H18N4O2S3. The van der Waals surface area contributed by atoms with Crippen molar-refractivity contribution in [1.29, 1.82) is 0 Å². The molecule has 1 amide bonds. The lowest BCUT2D eigenvalue weighted by Crippen LogP contribution is -2.07. The number of rotatable bonds is 8. The van der Waals surface area contributed by atoms with Crippen molar-refractivity contribution in [1.82, 2.24) is 15.2 Å². The Morgan fingerprint density at radius 1 is 1.19 bits per heavy atom. The topological polar surface area (TPSA) is 77.0 Å². The fourth-order valence-electron chi connectivity index (χ4n) is 2.61. The minimum absolute atomic E-state index is 0.200. The Balaban J connectivity index is 1.30. The second-order valence-corrected chi connectivity index (χ2v) is 9.59. The normalized spacial score (nSPS) is 11.0. The number of anilines is 1. The molecule has 6 nitrogen and oxygen atoms in total. The van der Waals surface area contributed by atoms with E-state index in [9.17, 15) is 4.79 Å². The monoisotopic (exact) mass is 466 g/mol. The largest absolute Gasteiger partial charge is 0.487 e. The molecule has 4 rings (SSSR count). The summed E-state index contributed by atoms with van der Waals surface area (Å²) < 4.78 is 6.68. The summed E-state index contributed by atoms with van der Waals surface area (Å²) >= 11 is 4.63. The third-order valence-corrected chi connectivity index (χ3v) is 6.61. The zero-order valence-corrected chi connectivity index (χ0v) is 19.0. The number of carbonyl (C=O) groups is 1. The van der Waals surface area contributed by atoms with Crippen LogP contribution in [0.1, 0.15) is 16.3 Å². The molecule has 156 valence electrons. The quantitative estimate of drug-likeness (QED) is 0.336. The van der Waals surface area contributed by atoms with E-state index < -0.39 is 0 Å². The molecule has 0 saturated heterocycles. The molecule has 0 aliphatic heterocycles. The molecule has 31 heavy (non-hydrogen) atoms. The number of aryl methyl sites for hydroxylation is 1. The van der Waals surface area contributed by atoms with Crippen LogP contribution in [0, 0.1) is 6.92 Å². The van der Waals surface area contributed by atoms with Crippen LogP contribution in [-0.2, 0) is 11.4 Å². The average molecular weight is 467 g/mol. The number of carbonyl (C=O) groups excluding carboxylic acids is 1. The zero-order chi connectivity index (χ0) is 21.5. The highest BCUT2D eigenvalue weighted by Crippen LogP contribution is 2.29. The lowest BCUT2D eigenvalue weighted by molar-refractivity contribution is -0.111. The van der Waals surface area contributed by atoms with Crippen LogP contribution in [0.2, 0.25) is 0 Å². The molecule has 9 heteroatoms. The van der Waals surface area contributed by atoms with Gasteiger partial charge in [0.25, 0.3) is 0 Å². The van der Waals surface area contributed by atoms with E-state index in [4.69, 9.17) is 4.74 Å². The van der Waals surface area contributed by atoms with E-state index in [1.54, 1.807) is 22.9 Å². The highest BCUT2D eigenvalue weighted by Gasteiger charge is 2.03. The van der Waals surface area contributed by atoms with Gasteiger partial charge in [-0.05, 0) is 55.0 Å². The van der Waals surface area contributed by atoms with Crippen LogP contribution in [0.5, 0.6) is 5.75 Å². The van der Waals surface area contributed by atoms with Gasteiger partial charge in [-0.1, -0.05) is 35.2 Å². The van der Waals surface area contributed by atoms with E-state index in [-0.39, 0.29) is 5.91 Å². The maximum absolute atomic E-state index is 12.3. The van der Waals surface area contributed by atoms with Gasteiger partial charge in [0.15, 0.2) is 4.34 Å². The van der Waals surface area contributed by atoms with Crippen molar-refractivity contribution < 1.29 is 9.53 Å². The summed E-state index contributed by atoms with van der Waals surface area (Å²) in [6.45, 7) is 2.39. The Hall–Kier alpha value is -3.01. The van der Waals surface area contributed by atoms with E-state index in [2.05, 4.69) is 20.5 Å². The number of benzene rings is 2. The second-order valence-electron chi connectivity index (χ2n) is 6.37. The molecule has 2 aromatic carbocycles. The first-order chi connectivity index (χ1) is 15.1. The Morgan fingerprint density at radius 2 is 2.06 bits per heavy atom. The molecule has 0 radical (unpaired) electrons. The summed E-state index contributed by atoms with van der Waals surface area (Å²) in [5.74, 6) is 0.533. The van der Waals surface area contributed by atoms with Crippen LogP contribution in [-0.4, -0.2) is 21.1 Å². The second kappa shape index (κ2) is 10.3. The van der Waals surface area contributed by atoms with Gasteiger partial charge < -0.3 is 10.1 Å². The maximum atomic E-state index is 12.3. The van der Waals surface area contributed by atoms with Crippen LogP contribution < -0.4 is 10.1 Å². The maximum Gasteiger partial charge on any atom is 0.248 e. The van der Waals surface area contributed by atoms with Crippen molar-refractivity contribution in [2.75, 3.05) is 5.32 Å². The van der Waals surface area contributed by atoms with Crippen LogP contribution >= 0.6 is 34.4 Å². The van der Waals surface area contributed by atoms with Crippen molar-refractivity contribution in [3.05, 3.63) is 81.8 Å². The van der Waals surface area contributed by atoms with E-state index in [1.165, 1.54) is 29.2 Å². The first-order valence-corrected chi connectivity index (χ1v) is 11.9. The van der Waals surface area contributed by atoms with E-state index in [1.807, 2.05) is 60.8 Å². The van der Waals surface area contributed by atoms with Crippen molar-refractivity contribution in [2.24, 2.45) is 0 Å². The SMILES string of the molecule is Cc1nc(COc2cccc(/C=C/C(=O)Nc3ccc(Sc4nncs4)cc3)c2)cs1. The predicted octanol–water partition coefficient (Wildman–Crippen LogP) is 5.69. The van der Waals surface area contributed by atoms with Gasteiger partial charge in [0, 0.05) is 22.0 Å². The number of nitrogens with one attached hydrogen (secondary N) is 1. The summed E-state index contributed by atoms with van der Waals surface area (Å²) in [5, 5.41) is 13.7. The van der Waals surface area contributed by atoms with E-state index in [0.29, 0.717) is 6.61 Å².